The topological polar surface area (TPSA) is 66.6 Å². The number of hydrogen-bond acceptors (Lipinski definition) is 3. The van der Waals surface area contributed by atoms with Gasteiger partial charge in [-0.1, -0.05) is 25.5 Å². The highest BCUT2D eigenvalue weighted by Gasteiger charge is 2.38. The molecule has 2 heterocycles. The highest BCUT2D eigenvalue weighted by Crippen LogP contribution is 2.27. The molecule has 2 amide bonds. The zero-order valence-corrected chi connectivity index (χ0v) is 13.7. The molecule has 1 aromatic rings. The Morgan fingerprint density at radius 2 is 2.00 bits per heavy atom. The molecule has 2 aliphatic rings. The van der Waals surface area contributed by atoms with Crippen LogP contribution in [0, 0.1) is 5.92 Å². The number of nitrogens with two attached hydrogens (primary N) is 1. The van der Waals surface area contributed by atoms with Crippen molar-refractivity contribution in [1.29, 1.82) is 0 Å². The summed E-state index contributed by atoms with van der Waals surface area (Å²) in [5, 5.41) is 0. The van der Waals surface area contributed by atoms with Gasteiger partial charge in [-0.05, 0) is 30.5 Å². The Morgan fingerprint density at radius 3 is 2.61 bits per heavy atom. The highest BCUT2D eigenvalue weighted by molar-refractivity contribution is 6.00. The van der Waals surface area contributed by atoms with E-state index in [0.717, 1.165) is 31.5 Å². The molecule has 2 aliphatic heterocycles. The Balaban J connectivity index is 1.66. The third-order valence-electron chi connectivity index (χ3n) is 4.80. The van der Waals surface area contributed by atoms with E-state index in [-0.39, 0.29) is 23.8 Å². The normalized spacial score (nSPS) is 24.5. The Morgan fingerprint density at radius 1 is 1.26 bits per heavy atom. The van der Waals surface area contributed by atoms with Crippen LogP contribution in [0.2, 0.25) is 0 Å². The van der Waals surface area contributed by atoms with Crippen molar-refractivity contribution >= 4 is 17.5 Å². The van der Waals surface area contributed by atoms with Gasteiger partial charge in [0, 0.05) is 37.8 Å². The molecule has 23 heavy (non-hydrogen) atoms. The molecule has 1 unspecified atom stereocenters. The van der Waals surface area contributed by atoms with Gasteiger partial charge >= 0.3 is 0 Å². The van der Waals surface area contributed by atoms with E-state index in [4.69, 9.17) is 5.73 Å². The molecule has 2 N–H and O–H groups in total. The molecule has 0 saturated carbocycles. The summed E-state index contributed by atoms with van der Waals surface area (Å²) in [6.45, 7) is 3.97. The summed E-state index contributed by atoms with van der Waals surface area (Å²) in [5.74, 6) is -0.116. The summed E-state index contributed by atoms with van der Waals surface area (Å²) in [7, 11) is 0. The molecule has 0 spiro atoms. The number of likely N-dealkylation sites (tertiary alicyclic amines) is 1. The molecule has 0 bridgehead atoms. The maximum absolute atomic E-state index is 12.5. The lowest BCUT2D eigenvalue weighted by Gasteiger charge is -2.21. The molecule has 0 aromatic heterocycles. The van der Waals surface area contributed by atoms with Crippen LogP contribution >= 0.6 is 0 Å². The van der Waals surface area contributed by atoms with Gasteiger partial charge in [0.1, 0.15) is 0 Å². The second kappa shape index (κ2) is 6.71. The van der Waals surface area contributed by atoms with E-state index in [1.165, 1.54) is 5.56 Å². The summed E-state index contributed by atoms with van der Waals surface area (Å²) >= 11 is 0. The number of nitrogens with zero attached hydrogens (tertiary/aromatic N) is 2. The monoisotopic (exact) mass is 315 g/mol. The lowest BCUT2D eigenvalue weighted by molar-refractivity contribution is -0.134. The van der Waals surface area contributed by atoms with Gasteiger partial charge in [-0.15, -0.1) is 0 Å². The van der Waals surface area contributed by atoms with E-state index in [2.05, 4.69) is 19.1 Å². The average molecular weight is 315 g/mol. The maximum atomic E-state index is 12.5. The van der Waals surface area contributed by atoms with E-state index in [1.54, 1.807) is 4.90 Å². The number of carbonyl (C=O) groups is 2. The number of aryl methyl sites for hydroxylation is 1. The van der Waals surface area contributed by atoms with Crippen LogP contribution in [0.1, 0.15) is 31.7 Å². The Labute approximate surface area is 137 Å². The minimum Gasteiger partial charge on any atom is -0.341 e. The number of anilines is 1. The largest absolute Gasteiger partial charge is 0.341 e. The molecule has 2 saturated heterocycles. The standard InChI is InChI=1S/C18H25N3O2/c1-2-3-13-4-6-16(7-5-13)21-11-14(10-17(21)22)18(23)20-9-8-15(19)12-20/h4-7,14-15H,2-3,8-12,19H2,1H3/t14?,15-/m1/s1. The zero-order chi connectivity index (χ0) is 16.4. The predicted molar refractivity (Wildman–Crippen MR) is 90.1 cm³/mol. The fraction of sp³-hybridized carbons (Fsp3) is 0.556. The van der Waals surface area contributed by atoms with Crippen molar-refractivity contribution in [3.05, 3.63) is 29.8 Å². The molecule has 2 fully saturated rings. The van der Waals surface area contributed by atoms with Crippen LogP contribution in [-0.4, -0.2) is 42.4 Å². The second-order valence-electron chi connectivity index (χ2n) is 6.65. The Hall–Kier alpha value is -1.88. The van der Waals surface area contributed by atoms with Crippen molar-refractivity contribution in [2.45, 2.75) is 38.6 Å². The lowest BCUT2D eigenvalue weighted by atomic mass is 10.1. The quantitative estimate of drug-likeness (QED) is 0.917. The first kappa shape index (κ1) is 16.0. The summed E-state index contributed by atoms with van der Waals surface area (Å²) in [5.41, 5.74) is 8.05. The van der Waals surface area contributed by atoms with Crippen LogP contribution in [0.25, 0.3) is 0 Å². The fourth-order valence-corrected chi connectivity index (χ4v) is 3.50. The Bertz CT molecular complexity index is 584. The van der Waals surface area contributed by atoms with Crippen LogP contribution in [0.3, 0.4) is 0 Å². The third kappa shape index (κ3) is 3.39. The number of rotatable bonds is 4. The van der Waals surface area contributed by atoms with Crippen LogP contribution < -0.4 is 10.6 Å². The van der Waals surface area contributed by atoms with Crippen LogP contribution in [0.4, 0.5) is 5.69 Å². The zero-order valence-electron chi connectivity index (χ0n) is 13.7. The van der Waals surface area contributed by atoms with Crippen molar-refractivity contribution in [2.24, 2.45) is 11.7 Å². The van der Waals surface area contributed by atoms with Gasteiger partial charge in [0.05, 0.1) is 5.92 Å². The van der Waals surface area contributed by atoms with E-state index in [0.29, 0.717) is 19.5 Å². The lowest BCUT2D eigenvalue weighted by Crippen LogP contribution is -2.37. The van der Waals surface area contributed by atoms with Gasteiger partial charge in [0.25, 0.3) is 0 Å². The van der Waals surface area contributed by atoms with E-state index < -0.39 is 0 Å². The second-order valence-corrected chi connectivity index (χ2v) is 6.65. The molecular formula is C18H25N3O2. The molecule has 3 rings (SSSR count). The first-order valence-electron chi connectivity index (χ1n) is 8.52. The Kier molecular flexibility index (Phi) is 4.66. The summed E-state index contributed by atoms with van der Waals surface area (Å²) in [6.07, 6.45) is 3.32. The molecule has 5 nitrogen and oxygen atoms in total. The minimum absolute atomic E-state index is 0.0371. The van der Waals surface area contributed by atoms with Crippen LogP contribution in [-0.2, 0) is 16.0 Å². The number of carbonyl (C=O) groups excluding carboxylic acids is 2. The van der Waals surface area contributed by atoms with Crippen molar-refractivity contribution in [1.82, 2.24) is 4.90 Å². The molecule has 0 aliphatic carbocycles. The van der Waals surface area contributed by atoms with Gasteiger partial charge in [0.2, 0.25) is 11.8 Å². The van der Waals surface area contributed by atoms with Crippen molar-refractivity contribution in [2.75, 3.05) is 24.5 Å². The maximum Gasteiger partial charge on any atom is 0.228 e. The average Bonchev–Trinajstić information content (AvgIpc) is 3.14. The first-order valence-corrected chi connectivity index (χ1v) is 8.52. The van der Waals surface area contributed by atoms with Crippen LogP contribution in [0.5, 0.6) is 0 Å². The molecular weight excluding hydrogens is 290 g/mol. The van der Waals surface area contributed by atoms with Gasteiger partial charge < -0.3 is 15.5 Å². The number of hydrogen-bond donors (Lipinski definition) is 1. The third-order valence-corrected chi connectivity index (χ3v) is 4.80. The number of benzene rings is 1. The highest BCUT2D eigenvalue weighted by atomic mass is 16.2. The summed E-state index contributed by atoms with van der Waals surface area (Å²) in [6, 6.07) is 8.20. The van der Waals surface area contributed by atoms with E-state index in [9.17, 15) is 9.59 Å². The minimum atomic E-state index is -0.233. The van der Waals surface area contributed by atoms with Crippen LogP contribution in [0.15, 0.2) is 24.3 Å². The SMILES string of the molecule is CCCc1ccc(N2CC(C(=O)N3CC[C@@H](N)C3)CC2=O)cc1. The van der Waals surface area contributed by atoms with Gasteiger partial charge in [0.15, 0.2) is 0 Å². The fourth-order valence-electron chi connectivity index (χ4n) is 3.50. The van der Waals surface area contributed by atoms with Crippen molar-refractivity contribution in [3.63, 3.8) is 0 Å². The molecule has 5 heteroatoms. The van der Waals surface area contributed by atoms with Crippen molar-refractivity contribution < 1.29 is 9.59 Å². The number of amides is 2. The van der Waals surface area contributed by atoms with Gasteiger partial charge in [-0.3, -0.25) is 9.59 Å². The molecule has 1 aromatic carbocycles. The van der Waals surface area contributed by atoms with E-state index in [1.807, 2.05) is 17.0 Å². The van der Waals surface area contributed by atoms with Gasteiger partial charge in [-0.2, -0.15) is 0 Å². The molecule has 124 valence electrons. The summed E-state index contributed by atoms with van der Waals surface area (Å²) < 4.78 is 0. The smallest absolute Gasteiger partial charge is 0.228 e. The van der Waals surface area contributed by atoms with Crippen molar-refractivity contribution in [3.8, 4) is 0 Å². The molecule has 0 radical (unpaired) electrons. The molecule has 2 atom stereocenters. The first-order chi connectivity index (χ1) is 11.1. The van der Waals surface area contributed by atoms with E-state index >= 15 is 0 Å². The summed E-state index contributed by atoms with van der Waals surface area (Å²) in [4.78, 5) is 28.4. The predicted octanol–water partition coefficient (Wildman–Crippen LogP) is 1.55. The van der Waals surface area contributed by atoms with Gasteiger partial charge in [-0.25, -0.2) is 0 Å².